The Bertz CT molecular complexity index is 604. The fraction of sp³-hybridized carbons (Fsp3) is 0.500. The molecule has 5 heteroatoms. The molecule has 1 amide bonds. The Kier molecular flexibility index (Phi) is 3.70. The normalized spacial score (nSPS) is 14.5. The third-order valence-electron chi connectivity index (χ3n) is 3.57. The van der Waals surface area contributed by atoms with Crippen LogP contribution < -0.4 is 5.56 Å². The van der Waals surface area contributed by atoms with Gasteiger partial charge in [-0.15, -0.1) is 0 Å². The zero-order valence-corrected chi connectivity index (χ0v) is 11.3. The number of pyridine rings is 1. The van der Waals surface area contributed by atoms with Crippen LogP contribution in [0.2, 0.25) is 0 Å². The minimum Gasteiger partial charge on any atom is -0.341 e. The summed E-state index contributed by atoms with van der Waals surface area (Å²) in [6.07, 6.45) is 2.05. The van der Waals surface area contributed by atoms with Crippen LogP contribution in [0.15, 0.2) is 10.9 Å². The number of rotatable bonds is 2. The van der Waals surface area contributed by atoms with E-state index in [1.165, 1.54) is 4.57 Å². The molecule has 0 N–H and O–H groups in total. The van der Waals surface area contributed by atoms with Gasteiger partial charge in [-0.25, -0.2) is 0 Å². The number of aryl methyl sites for hydroxylation is 2. The van der Waals surface area contributed by atoms with Crippen LogP contribution in [-0.2, 0) is 11.3 Å². The molecule has 100 valence electrons. The molecule has 0 atom stereocenters. The number of carbonyl (C=O) groups is 1. The van der Waals surface area contributed by atoms with E-state index in [0.29, 0.717) is 11.3 Å². The smallest absolute Gasteiger partial charge is 0.269 e. The summed E-state index contributed by atoms with van der Waals surface area (Å²) in [6.45, 7) is 5.08. The van der Waals surface area contributed by atoms with Crippen molar-refractivity contribution >= 4 is 5.91 Å². The molecule has 0 spiro atoms. The number of aromatic nitrogens is 1. The summed E-state index contributed by atoms with van der Waals surface area (Å²) < 4.78 is 1.40. The lowest BCUT2D eigenvalue weighted by Gasteiger charge is -2.17. The van der Waals surface area contributed by atoms with Crippen molar-refractivity contribution in [3.05, 3.63) is 33.2 Å². The number of nitrogens with zero attached hydrogens (tertiary/aromatic N) is 3. The number of carbonyl (C=O) groups excluding carboxylic acids is 1. The fourth-order valence-corrected chi connectivity index (χ4v) is 2.46. The topological polar surface area (TPSA) is 66.1 Å². The third-order valence-corrected chi connectivity index (χ3v) is 3.57. The van der Waals surface area contributed by atoms with Crippen molar-refractivity contribution in [2.24, 2.45) is 0 Å². The molecule has 0 radical (unpaired) electrons. The Morgan fingerprint density at radius 2 is 2.00 bits per heavy atom. The minimum absolute atomic E-state index is 0.0274. The summed E-state index contributed by atoms with van der Waals surface area (Å²) in [7, 11) is 0. The molecule has 0 bridgehead atoms. The second-order valence-electron chi connectivity index (χ2n) is 4.93. The summed E-state index contributed by atoms with van der Waals surface area (Å²) in [4.78, 5) is 26.0. The number of amides is 1. The quantitative estimate of drug-likeness (QED) is 0.794. The van der Waals surface area contributed by atoms with Gasteiger partial charge in [0.2, 0.25) is 5.91 Å². The highest BCUT2D eigenvalue weighted by Gasteiger charge is 2.20. The Labute approximate surface area is 112 Å². The van der Waals surface area contributed by atoms with Crippen molar-refractivity contribution in [3.8, 4) is 6.07 Å². The minimum atomic E-state index is -0.368. The van der Waals surface area contributed by atoms with Gasteiger partial charge in [-0.2, -0.15) is 5.26 Å². The van der Waals surface area contributed by atoms with Crippen molar-refractivity contribution in [1.82, 2.24) is 9.47 Å². The Morgan fingerprint density at radius 3 is 2.58 bits per heavy atom. The first-order valence-corrected chi connectivity index (χ1v) is 6.43. The van der Waals surface area contributed by atoms with E-state index in [1.807, 2.05) is 6.07 Å². The van der Waals surface area contributed by atoms with E-state index in [-0.39, 0.29) is 23.6 Å². The molecule has 5 nitrogen and oxygen atoms in total. The van der Waals surface area contributed by atoms with Gasteiger partial charge < -0.3 is 9.47 Å². The fourth-order valence-electron chi connectivity index (χ4n) is 2.46. The van der Waals surface area contributed by atoms with Crippen molar-refractivity contribution < 1.29 is 4.79 Å². The number of nitriles is 1. The highest BCUT2D eigenvalue weighted by molar-refractivity contribution is 5.76. The average molecular weight is 259 g/mol. The molecule has 2 rings (SSSR count). The second-order valence-corrected chi connectivity index (χ2v) is 4.93. The molecule has 2 heterocycles. The average Bonchev–Trinajstić information content (AvgIpc) is 2.88. The molecule has 1 saturated heterocycles. The predicted octanol–water partition coefficient (Wildman–Crippen LogP) is 0.959. The Morgan fingerprint density at radius 1 is 1.37 bits per heavy atom. The first-order chi connectivity index (χ1) is 9.04. The van der Waals surface area contributed by atoms with Crippen molar-refractivity contribution in [1.29, 1.82) is 5.26 Å². The van der Waals surface area contributed by atoms with Gasteiger partial charge in [0, 0.05) is 18.8 Å². The summed E-state index contributed by atoms with van der Waals surface area (Å²) in [6, 6.07) is 3.69. The van der Waals surface area contributed by atoms with Gasteiger partial charge in [0.25, 0.3) is 5.56 Å². The van der Waals surface area contributed by atoms with E-state index in [4.69, 9.17) is 5.26 Å². The van der Waals surface area contributed by atoms with Crippen LogP contribution in [0.1, 0.15) is 29.7 Å². The second kappa shape index (κ2) is 5.27. The number of likely N-dealkylation sites (tertiary alicyclic amines) is 1. The molecule has 1 fully saturated rings. The van der Waals surface area contributed by atoms with Crippen molar-refractivity contribution in [2.45, 2.75) is 33.2 Å². The van der Waals surface area contributed by atoms with Crippen LogP contribution in [0.3, 0.4) is 0 Å². The number of hydrogen-bond acceptors (Lipinski definition) is 3. The van der Waals surface area contributed by atoms with Gasteiger partial charge in [-0.05, 0) is 38.3 Å². The Balaban J connectivity index is 2.33. The van der Waals surface area contributed by atoms with Gasteiger partial charge in [0.15, 0.2) is 0 Å². The number of hydrogen-bond donors (Lipinski definition) is 0. The van der Waals surface area contributed by atoms with Gasteiger partial charge in [0.05, 0.1) is 0 Å². The maximum Gasteiger partial charge on any atom is 0.269 e. The molecule has 1 aliphatic rings. The maximum atomic E-state index is 12.2. The van der Waals surface area contributed by atoms with E-state index in [9.17, 15) is 9.59 Å². The lowest BCUT2D eigenvalue weighted by Crippen LogP contribution is -2.36. The molecular weight excluding hydrogens is 242 g/mol. The zero-order chi connectivity index (χ0) is 14.0. The van der Waals surface area contributed by atoms with Gasteiger partial charge in [0.1, 0.15) is 18.2 Å². The lowest BCUT2D eigenvalue weighted by atomic mass is 10.1. The Hall–Kier alpha value is -2.09. The summed E-state index contributed by atoms with van der Waals surface area (Å²) >= 11 is 0. The maximum absolute atomic E-state index is 12.2. The summed E-state index contributed by atoms with van der Waals surface area (Å²) in [5.41, 5.74) is 1.14. The molecule has 0 aromatic carbocycles. The molecule has 1 aromatic heterocycles. The largest absolute Gasteiger partial charge is 0.341 e. The van der Waals surface area contributed by atoms with Crippen LogP contribution in [0.4, 0.5) is 0 Å². The predicted molar refractivity (Wildman–Crippen MR) is 70.7 cm³/mol. The van der Waals surface area contributed by atoms with Crippen LogP contribution in [0, 0.1) is 25.2 Å². The first kappa shape index (κ1) is 13.3. The van der Waals surface area contributed by atoms with E-state index < -0.39 is 0 Å². The molecule has 1 aromatic rings. The van der Waals surface area contributed by atoms with E-state index in [0.717, 1.165) is 25.9 Å². The highest BCUT2D eigenvalue weighted by atomic mass is 16.2. The highest BCUT2D eigenvalue weighted by Crippen LogP contribution is 2.10. The third kappa shape index (κ3) is 2.53. The van der Waals surface area contributed by atoms with Crippen molar-refractivity contribution in [3.63, 3.8) is 0 Å². The SMILES string of the molecule is Cc1cc(C)n(CC(=O)N2CCCC2)c(=O)c1C#N. The van der Waals surface area contributed by atoms with E-state index >= 15 is 0 Å². The molecular formula is C14H17N3O2. The van der Waals surface area contributed by atoms with Crippen molar-refractivity contribution in [2.75, 3.05) is 13.1 Å². The van der Waals surface area contributed by atoms with Crippen LogP contribution in [-0.4, -0.2) is 28.5 Å². The molecule has 0 unspecified atom stereocenters. The van der Waals surface area contributed by atoms with Crippen LogP contribution in [0.5, 0.6) is 0 Å². The van der Waals surface area contributed by atoms with Gasteiger partial charge in [-0.3, -0.25) is 9.59 Å². The van der Waals surface area contributed by atoms with E-state index in [1.54, 1.807) is 24.8 Å². The van der Waals surface area contributed by atoms with Crippen LogP contribution >= 0.6 is 0 Å². The summed E-state index contributed by atoms with van der Waals surface area (Å²) in [5.74, 6) is -0.0459. The molecule has 19 heavy (non-hydrogen) atoms. The molecule has 0 aliphatic carbocycles. The summed E-state index contributed by atoms with van der Waals surface area (Å²) in [5, 5.41) is 9.00. The molecule has 1 aliphatic heterocycles. The molecule has 0 saturated carbocycles. The zero-order valence-electron chi connectivity index (χ0n) is 11.3. The lowest BCUT2D eigenvalue weighted by molar-refractivity contribution is -0.130. The van der Waals surface area contributed by atoms with Gasteiger partial charge in [-0.1, -0.05) is 0 Å². The first-order valence-electron chi connectivity index (χ1n) is 6.43. The standard InChI is InChI=1S/C14H17N3O2/c1-10-7-11(2)17(14(19)12(10)8-15)9-13(18)16-5-3-4-6-16/h7H,3-6,9H2,1-2H3. The monoisotopic (exact) mass is 259 g/mol. The van der Waals surface area contributed by atoms with Crippen LogP contribution in [0.25, 0.3) is 0 Å². The van der Waals surface area contributed by atoms with Gasteiger partial charge >= 0.3 is 0 Å². The van der Waals surface area contributed by atoms with E-state index in [2.05, 4.69) is 0 Å².